The van der Waals surface area contributed by atoms with E-state index in [1.165, 1.54) is 18.2 Å². The predicted octanol–water partition coefficient (Wildman–Crippen LogP) is 2.08. The molecule has 1 aromatic heterocycles. The molecule has 0 atom stereocenters. The number of hydrogen-bond donors (Lipinski definition) is 2. The second-order valence-corrected chi connectivity index (χ2v) is 4.10. The number of aliphatic carboxylic acids is 1. The van der Waals surface area contributed by atoms with E-state index >= 15 is 0 Å². The van der Waals surface area contributed by atoms with E-state index in [-0.39, 0.29) is 18.7 Å². The van der Waals surface area contributed by atoms with Crippen LogP contribution in [0.25, 0.3) is 11.0 Å². The van der Waals surface area contributed by atoms with Gasteiger partial charge in [-0.25, -0.2) is 4.39 Å². The van der Waals surface area contributed by atoms with Gasteiger partial charge in [-0.15, -0.1) is 0 Å². The lowest BCUT2D eigenvalue weighted by molar-refractivity contribution is -0.136. The van der Waals surface area contributed by atoms with E-state index < -0.39 is 17.7 Å². The zero-order valence-electron chi connectivity index (χ0n) is 10.2. The molecular weight excluding hydrogens is 253 g/mol. The fraction of sp³-hybridized carbons (Fsp3) is 0.231. The Bertz CT molecular complexity index is 647. The molecule has 0 aliphatic heterocycles. The summed E-state index contributed by atoms with van der Waals surface area (Å²) < 4.78 is 18.5. The zero-order valence-corrected chi connectivity index (χ0v) is 10.2. The first kappa shape index (κ1) is 13.1. The van der Waals surface area contributed by atoms with Crippen molar-refractivity contribution in [3.63, 3.8) is 0 Å². The number of carboxylic acids is 1. The van der Waals surface area contributed by atoms with E-state index in [4.69, 9.17) is 9.52 Å². The Labute approximate surface area is 108 Å². The van der Waals surface area contributed by atoms with Crippen LogP contribution in [0.4, 0.5) is 4.39 Å². The van der Waals surface area contributed by atoms with Crippen LogP contribution in [-0.4, -0.2) is 23.5 Å². The van der Waals surface area contributed by atoms with Gasteiger partial charge >= 0.3 is 5.97 Å². The van der Waals surface area contributed by atoms with Gasteiger partial charge in [0.1, 0.15) is 11.4 Å². The van der Waals surface area contributed by atoms with Crippen LogP contribution in [0.3, 0.4) is 0 Å². The summed E-state index contributed by atoms with van der Waals surface area (Å²) in [6.45, 7) is 1.66. The number of amides is 1. The average molecular weight is 265 g/mol. The molecular formula is C13H12FNO4. The molecule has 1 amide bonds. The van der Waals surface area contributed by atoms with Gasteiger partial charge in [-0.3, -0.25) is 9.59 Å². The van der Waals surface area contributed by atoms with Crippen molar-refractivity contribution in [2.24, 2.45) is 0 Å². The van der Waals surface area contributed by atoms with Crippen molar-refractivity contribution in [2.75, 3.05) is 6.54 Å². The first-order valence-corrected chi connectivity index (χ1v) is 5.67. The first-order valence-electron chi connectivity index (χ1n) is 5.67. The summed E-state index contributed by atoms with van der Waals surface area (Å²) in [4.78, 5) is 22.2. The summed E-state index contributed by atoms with van der Waals surface area (Å²) in [5.41, 5.74) is 0.949. The Morgan fingerprint density at radius 3 is 2.84 bits per heavy atom. The molecule has 0 saturated carbocycles. The molecule has 100 valence electrons. The molecule has 19 heavy (non-hydrogen) atoms. The summed E-state index contributed by atoms with van der Waals surface area (Å²) in [5, 5.41) is 11.5. The first-order chi connectivity index (χ1) is 8.99. The van der Waals surface area contributed by atoms with E-state index in [0.29, 0.717) is 16.5 Å². The summed E-state index contributed by atoms with van der Waals surface area (Å²) in [7, 11) is 0. The summed E-state index contributed by atoms with van der Waals surface area (Å²) >= 11 is 0. The molecule has 2 N–H and O–H groups in total. The van der Waals surface area contributed by atoms with Crippen molar-refractivity contribution in [3.8, 4) is 0 Å². The van der Waals surface area contributed by atoms with Crippen LogP contribution in [0.1, 0.15) is 22.5 Å². The molecule has 2 rings (SSSR count). The van der Waals surface area contributed by atoms with E-state index in [9.17, 15) is 14.0 Å². The smallest absolute Gasteiger partial charge is 0.305 e. The Morgan fingerprint density at radius 2 is 2.16 bits per heavy atom. The van der Waals surface area contributed by atoms with Crippen LogP contribution in [-0.2, 0) is 4.79 Å². The Balaban J connectivity index is 2.22. The van der Waals surface area contributed by atoms with Crippen molar-refractivity contribution >= 4 is 22.8 Å². The van der Waals surface area contributed by atoms with Crippen molar-refractivity contribution in [1.29, 1.82) is 0 Å². The summed E-state index contributed by atoms with van der Waals surface area (Å²) in [5.74, 6) is -1.83. The number of carbonyl (C=O) groups is 2. The maximum atomic E-state index is 13.1. The minimum Gasteiger partial charge on any atom is -0.481 e. The molecule has 0 radical (unpaired) electrons. The molecule has 0 spiro atoms. The van der Waals surface area contributed by atoms with Gasteiger partial charge in [0, 0.05) is 17.5 Å². The lowest BCUT2D eigenvalue weighted by Crippen LogP contribution is -2.26. The van der Waals surface area contributed by atoms with Crippen LogP contribution in [0.15, 0.2) is 22.6 Å². The van der Waals surface area contributed by atoms with Gasteiger partial charge in [0.05, 0.1) is 6.42 Å². The topological polar surface area (TPSA) is 79.5 Å². The van der Waals surface area contributed by atoms with Crippen LogP contribution in [0.2, 0.25) is 0 Å². The number of fused-ring (bicyclic) bond motifs is 1. The van der Waals surface area contributed by atoms with Crippen molar-refractivity contribution < 1.29 is 23.5 Å². The number of halogens is 1. The largest absolute Gasteiger partial charge is 0.481 e. The van der Waals surface area contributed by atoms with E-state index in [1.807, 2.05) is 0 Å². The van der Waals surface area contributed by atoms with E-state index in [0.717, 1.165) is 0 Å². The third kappa shape index (κ3) is 2.73. The van der Waals surface area contributed by atoms with Crippen molar-refractivity contribution in [3.05, 3.63) is 35.3 Å². The van der Waals surface area contributed by atoms with Gasteiger partial charge in [-0.1, -0.05) is 0 Å². The third-order valence-electron chi connectivity index (χ3n) is 2.73. The van der Waals surface area contributed by atoms with Gasteiger partial charge in [0.25, 0.3) is 5.91 Å². The van der Waals surface area contributed by atoms with Gasteiger partial charge in [0.15, 0.2) is 5.76 Å². The number of carbonyl (C=O) groups excluding carboxylic acids is 1. The number of furan rings is 1. The van der Waals surface area contributed by atoms with Crippen LogP contribution in [0, 0.1) is 12.7 Å². The lowest BCUT2D eigenvalue weighted by Gasteiger charge is -2.01. The Kier molecular flexibility index (Phi) is 3.50. The predicted molar refractivity (Wildman–Crippen MR) is 65.5 cm³/mol. The molecule has 0 unspecified atom stereocenters. The highest BCUT2D eigenvalue weighted by molar-refractivity contribution is 5.99. The number of carboxylic acid groups (broad SMARTS) is 1. The molecule has 0 bridgehead atoms. The van der Waals surface area contributed by atoms with E-state index in [2.05, 4.69) is 5.32 Å². The zero-order chi connectivity index (χ0) is 14.0. The number of rotatable bonds is 4. The second-order valence-electron chi connectivity index (χ2n) is 4.10. The normalized spacial score (nSPS) is 10.6. The van der Waals surface area contributed by atoms with Gasteiger partial charge in [-0.05, 0) is 25.1 Å². The Morgan fingerprint density at radius 1 is 1.42 bits per heavy atom. The third-order valence-corrected chi connectivity index (χ3v) is 2.73. The highest BCUT2D eigenvalue weighted by Crippen LogP contribution is 2.25. The van der Waals surface area contributed by atoms with Crippen molar-refractivity contribution in [2.45, 2.75) is 13.3 Å². The summed E-state index contributed by atoms with van der Waals surface area (Å²) in [6.07, 6.45) is -0.167. The van der Waals surface area contributed by atoms with Gasteiger partial charge < -0.3 is 14.8 Å². The van der Waals surface area contributed by atoms with Crippen LogP contribution >= 0.6 is 0 Å². The molecule has 1 aromatic carbocycles. The van der Waals surface area contributed by atoms with Crippen molar-refractivity contribution in [1.82, 2.24) is 5.32 Å². The molecule has 6 heteroatoms. The molecule has 2 aromatic rings. The number of hydrogen-bond acceptors (Lipinski definition) is 3. The molecule has 5 nitrogen and oxygen atoms in total. The molecule has 0 saturated heterocycles. The monoisotopic (exact) mass is 265 g/mol. The van der Waals surface area contributed by atoms with Crippen LogP contribution < -0.4 is 5.32 Å². The fourth-order valence-electron chi connectivity index (χ4n) is 1.77. The van der Waals surface area contributed by atoms with Gasteiger partial charge in [0.2, 0.25) is 0 Å². The molecule has 0 fully saturated rings. The SMILES string of the molecule is Cc1c(C(=O)NCCC(=O)O)oc2ccc(F)cc12. The number of nitrogens with one attached hydrogen (secondary N) is 1. The lowest BCUT2D eigenvalue weighted by atomic mass is 10.1. The minimum atomic E-state index is -0.997. The maximum absolute atomic E-state index is 13.1. The standard InChI is InChI=1S/C13H12FNO4/c1-7-9-6-8(14)2-3-10(9)19-12(7)13(18)15-5-4-11(16)17/h2-3,6H,4-5H2,1H3,(H,15,18)(H,16,17). The maximum Gasteiger partial charge on any atom is 0.305 e. The van der Waals surface area contributed by atoms with E-state index in [1.54, 1.807) is 6.92 Å². The number of benzene rings is 1. The highest BCUT2D eigenvalue weighted by Gasteiger charge is 2.17. The van der Waals surface area contributed by atoms with Gasteiger partial charge in [-0.2, -0.15) is 0 Å². The summed E-state index contributed by atoms with van der Waals surface area (Å²) in [6, 6.07) is 3.99. The second kappa shape index (κ2) is 5.09. The quantitative estimate of drug-likeness (QED) is 0.887. The number of aryl methyl sites for hydroxylation is 1. The average Bonchev–Trinajstić information content (AvgIpc) is 2.66. The molecule has 1 heterocycles. The van der Waals surface area contributed by atoms with Crippen LogP contribution in [0.5, 0.6) is 0 Å². The Hall–Kier alpha value is -2.37. The fourth-order valence-corrected chi connectivity index (χ4v) is 1.77. The minimum absolute atomic E-state index is 0.0129. The highest BCUT2D eigenvalue weighted by atomic mass is 19.1. The molecule has 0 aliphatic carbocycles. The molecule has 0 aliphatic rings.